The number of thioether (sulfide) groups is 1. The number of pyridine rings is 1. The smallest absolute Gasteiger partial charge is 0.165 e. The number of halogens is 2. The number of nitrogens with two attached hydrogens (primary N) is 1. The number of benzene rings is 2. The van der Waals surface area contributed by atoms with E-state index in [0.717, 1.165) is 16.3 Å². The maximum Gasteiger partial charge on any atom is 0.165 e. The van der Waals surface area contributed by atoms with Crippen molar-refractivity contribution in [2.75, 3.05) is 18.9 Å². The van der Waals surface area contributed by atoms with Crippen molar-refractivity contribution in [2.45, 2.75) is 23.3 Å². The number of nitrogens with zero attached hydrogens (tertiary/aromatic N) is 4. The molecule has 38 heavy (non-hydrogen) atoms. The molecule has 1 aliphatic heterocycles. The molecule has 1 unspecified atom stereocenters. The molecule has 11 heteroatoms. The van der Waals surface area contributed by atoms with Gasteiger partial charge >= 0.3 is 0 Å². The summed E-state index contributed by atoms with van der Waals surface area (Å²) in [5.74, 6) is -0.143. The van der Waals surface area contributed by atoms with Crippen molar-refractivity contribution in [1.82, 2.24) is 9.97 Å². The summed E-state index contributed by atoms with van der Waals surface area (Å²) in [7, 11) is 0. The summed E-state index contributed by atoms with van der Waals surface area (Å²) >= 11 is 8.75. The zero-order chi connectivity index (χ0) is 26.6. The lowest BCUT2D eigenvalue weighted by atomic mass is 9.96. The van der Waals surface area contributed by atoms with Gasteiger partial charge < -0.3 is 15.2 Å². The fraction of sp³-hybridized carbons (Fsp3) is 0.185. The Morgan fingerprint density at radius 3 is 2.58 bits per heavy atom. The Morgan fingerprint density at radius 1 is 1.13 bits per heavy atom. The van der Waals surface area contributed by atoms with E-state index in [-0.39, 0.29) is 34.4 Å². The van der Waals surface area contributed by atoms with Crippen molar-refractivity contribution >= 4 is 40.5 Å². The molecule has 1 saturated heterocycles. The summed E-state index contributed by atoms with van der Waals surface area (Å²) in [5.41, 5.74) is 8.59. The first-order valence-corrected chi connectivity index (χ1v) is 13.7. The summed E-state index contributed by atoms with van der Waals surface area (Å²) < 4.78 is 26.0. The quantitative estimate of drug-likeness (QED) is 0.255. The van der Waals surface area contributed by atoms with E-state index >= 15 is 0 Å². The minimum Gasteiger partial charge on any atom is -0.485 e. The topological polar surface area (TPSA) is 118 Å². The number of rotatable bonds is 7. The number of anilines is 1. The number of nitrogen functional groups attached to an aromatic ring is 1. The number of aromatic nitrogens is 2. The van der Waals surface area contributed by atoms with Crippen LogP contribution >= 0.6 is 34.7 Å². The van der Waals surface area contributed by atoms with Crippen molar-refractivity contribution in [3.8, 4) is 39.6 Å². The van der Waals surface area contributed by atoms with Gasteiger partial charge in [-0.2, -0.15) is 10.5 Å². The first-order valence-electron chi connectivity index (χ1n) is 11.5. The molecule has 0 radical (unpaired) electrons. The van der Waals surface area contributed by atoms with Crippen LogP contribution in [0.15, 0.2) is 52.9 Å². The molecule has 1 aliphatic rings. The maximum absolute atomic E-state index is 15.0. The normalized spacial score (nSPS) is 14.7. The number of hydrogen-bond acceptors (Lipinski definition) is 9. The Morgan fingerprint density at radius 2 is 1.89 bits per heavy atom. The monoisotopic (exact) mass is 563 g/mol. The van der Waals surface area contributed by atoms with E-state index in [0.29, 0.717) is 41.0 Å². The van der Waals surface area contributed by atoms with Crippen LogP contribution in [0.1, 0.15) is 23.2 Å². The van der Waals surface area contributed by atoms with E-state index in [2.05, 4.69) is 16.0 Å². The Labute approximate surface area is 231 Å². The van der Waals surface area contributed by atoms with Crippen LogP contribution in [0.5, 0.6) is 5.75 Å². The molecule has 2 aromatic heterocycles. The van der Waals surface area contributed by atoms with Gasteiger partial charge in [-0.25, -0.2) is 14.4 Å². The molecule has 7 nitrogen and oxygen atoms in total. The highest BCUT2D eigenvalue weighted by Crippen LogP contribution is 2.38. The van der Waals surface area contributed by atoms with Crippen molar-refractivity contribution in [3.05, 3.63) is 75.5 Å². The minimum atomic E-state index is -0.607. The predicted octanol–water partition coefficient (Wildman–Crippen LogP) is 6.45. The van der Waals surface area contributed by atoms with Crippen molar-refractivity contribution < 1.29 is 13.9 Å². The summed E-state index contributed by atoms with van der Waals surface area (Å²) in [5, 5.41) is 23.6. The highest BCUT2D eigenvalue weighted by Gasteiger charge is 2.23. The molecule has 2 aromatic carbocycles. The highest BCUT2D eigenvalue weighted by molar-refractivity contribution is 7.98. The molecule has 4 aromatic rings. The lowest BCUT2D eigenvalue weighted by molar-refractivity contribution is 0.138. The molecule has 3 heterocycles. The van der Waals surface area contributed by atoms with Crippen LogP contribution in [0.25, 0.3) is 21.7 Å². The number of ether oxygens (including phenoxy) is 2. The molecule has 5 rings (SSSR count). The lowest BCUT2D eigenvalue weighted by Gasteiger charge is -2.15. The number of hydrogen-bond donors (Lipinski definition) is 1. The van der Waals surface area contributed by atoms with Gasteiger partial charge in [0.1, 0.15) is 39.7 Å². The van der Waals surface area contributed by atoms with E-state index in [1.165, 1.54) is 35.2 Å². The molecular formula is C27H19ClFN5O2S2. The number of nitriles is 2. The zero-order valence-electron chi connectivity index (χ0n) is 19.8. The van der Waals surface area contributed by atoms with Gasteiger partial charge in [0.05, 0.1) is 24.5 Å². The fourth-order valence-corrected chi connectivity index (χ4v) is 5.91. The SMILES string of the molecule is N#Cc1c(N)nc(SCc2csc(-c3ccc(Cl)cc3)n2)c(C#N)c1-c1ccc(OC2CCOC2)c(F)c1. The van der Waals surface area contributed by atoms with Gasteiger partial charge in [0.2, 0.25) is 0 Å². The van der Waals surface area contributed by atoms with E-state index in [1.54, 1.807) is 6.07 Å². The first kappa shape index (κ1) is 26.0. The summed E-state index contributed by atoms with van der Waals surface area (Å²) in [4.78, 5) is 8.99. The molecule has 0 saturated carbocycles. The maximum atomic E-state index is 15.0. The van der Waals surface area contributed by atoms with Gasteiger partial charge in [-0.05, 0) is 29.8 Å². The molecule has 190 valence electrons. The Bertz CT molecular complexity index is 1570. The van der Waals surface area contributed by atoms with E-state index in [9.17, 15) is 14.9 Å². The Balaban J connectivity index is 1.43. The van der Waals surface area contributed by atoms with Crippen LogP contribution < -0.4 is 10.5 Å². The standard InChI is InChI=1S/C27H19ClFN5O2S2/c28-17-4-1-15(2-5-17)26-33-18(13-37-26)14-38-27-21(11-31)24(20(10-30)25(32)34-27)16-3-6-23(22(29)9-16)36-19-7-8-35-12-19/h1-6,9,13,19H,7-8,12,14H2,(H2,32,34). The molecule has 0 aliphatic carbocycles. The lowest BCUT2D eigenvalue weighted by Crippen LogP contribution is -2.16. The van der Waals surface area contributed by atoms with Gasteiger partial charge in [-0.15, -0.1) is 11.3 Å². The van der Waals surface area contributed by atoms with Gasteiger partial charge in [0.25, 0.3) is 0 Å². The molecule has 0 amide bonds. The molecule has 2 N–H and O–H groups in total. The largest absolute Gasteiger partial charge is 0.485 e. The van der Waals surface area contributed by atoms with Crippen LogP contribution in [0.3, 0.4) is 0 Å². The van der Waals surface area contributed by atoms with Gasteiger partial charge in [0.15, 0.2) is 11.6 Å². The minimum absolute atomic E-state index is 0.0156. The van der Waals surface area contributed by atoms with Crippen LogP contribution in [-0.2, 0) is 10.5 Å². The summed E-state index contributed by atoms with van der Waals surface area (Å²) in [6.07, 6.45) is 0.463. The van der Waals surface area contributed by atoms with Gasteiger partial charge in [-0.3, -0.25) is 0 Å². The molecule has 1 fully saturated rings. The summed E-state index contributed by atoms with van der Waals surface area (Å²) in [6.45, 7) is 0.974. The molecular weight excluding hydrogens is 545 g/mol. The predicted molar refractivity (Wildman–Crippen MR) is 145 cm³/mol. The van der Waals surface area contributed by atoms with Crippen LogP contribution in [0, 0.1) is 28.5 Å². The van der Waals surface area contributed by atoms with Crippen LogP contribution in [0.2, 0.25) is 5.02 Å². The number of thiazole rings is 1. The second-order valence-electron chi connectivity index (χ2n) is 8.34. The third-order valence-corrected chi connectivity index (χ3v) is 8.02. The van der Waals surface area contributed by atoms with Crippen molar-refractivity contribution in [2.24, 2.45) is 0 Å². The van der Waals surface area contributed by atoms with E-state index in [4.69, 9.17) is 26.8 Å². The average Bonchev–Trinajstić information content (AvgIpc) is 3.61. The Kier molecular flexibility index (Phi) is 7.77. The summed E-state index contributed by atoms with van der Waals surface area (Å²) in [6, 6.07) is 15.9. The third kappa shape index (κ3) is 5.45. The zero-order valence-corrected chi connectivity index (χ0v) is 22.2. The van der Waals surface area contributed by atoms with Gasteiger partial charge in [-0.1, -0.05) is 41.6 Å². The third-order valence-electron chi connectivity index (χ3n) is 5.82. The highest BCUT2D eigenvalue weighted by atomic mass is 35.5. The first-order chi connectivity index (χ1) is 18.5. The molecule has 1 atom stereocenters. The van der Waals surface area contributed by atoms with Crippen LogP contribution in [0.4, 0.5) is 10.2 Å². The van der Waals surface area contributed by atoms with Gasteiger partial charge in [0, 0.05) is 33.7 Å². The van der Waals surface area contributed by atoms with Crippen molar-refractivity contribution in [1.29, 1.82) is 10.5 Å². The Hall–Kier alpha value is -3.67. The fourth-order valence-electron chi connectivity index (χ4n) is 3.97. The van der Waals surface area contributed by atoms with E-state index in [1.807, 2.05) is 35.7 Å². The second-order valence-corrected chi connectivity index (χ2v) is 10.6. The molecule has 0 bridgehead atoms. The average molecular weight is 564 g/mol. The van der Waals surface area contributed by atoms with E-state index < -0.39 is 5.82 Å². The van der Waals surface area contributed by atoms with Crippen LogP contribution in [-0.4, -0.2) is 29.3 Å². The second kappa shape index (κ2) is 11.4. The molecule has 0 spiro atoms. The van der Waals surface area contributed by atoms with Crippen molar-refractivity contribution in [3.63, 3.8) is 0 Å².